The van der Waals surface area contributed by atoms with E-state index >= 15 is 0 Å². The normalized spacial score (nSPS) is 14.5. The summed E-state index contributed by atoms with van der Waals surface area (Å²) in [5, 5.41) is 2.75. The van der Waals surface area contributed by atoms with Crippen molar-refractivity contribution in [3.63, 3.8) is 0 Å². The van der Waals surface area contributed by atoms with Gasteiger partial charge in [-0.3, -0.25) is 9.36 Å². The van der Waals surface area contributed by atoms with Gasteiger partial charge in [-0.25, -0.2) is 4.79 Å². The molecule has 3 aromatic rings. The maximum Gasteiger partial charge on any atom is 0.408 e. The molecule has 3 atom stereocenters. The average Bonchev–Trinajstić information content (AvgIpc) is 2.90. The lowest BCUT2D eigenvalue weighted by atomic mass is 10.1. The first-order valence-electron chi connectivity index (χ1n) is 12.5. The zero-order chi connectivity index (χ0) is 27.6. The van der Waals surface area contributed by atoms with E-state index in [-0.39, 0.29) is 19.4 Å². The molecule has 0 spiro atoms. The molecule has 0 aliphatic carbocycles. The summed E-state index contributed by atoms with van der Waals surface area (Å²) in [6.45, 7) is 5.30. The van der Waals surface area contributed by atoms with Gasteiger partial charge in [0.05, 0.1) is 0 Å². The molecule has 0 fully saturated rings. The predicted octanol–water partition coefficient (Wildman–Crippen LogP) is 6.36. The Morgan fingerprint density at radius 3 is 1.74 bits per heavy atom. The lowest BCUT2D eigenvalue weighted by Gasteiger charge is -2.33. The Kier molecular flexibility index (Phi) is 10.3. The highest BCUT2D eigenvalue weighted by Crippen LogP contribution is 2.57. The fraction of sp³-hybridized carbons (Fsp3) is 0.333. The van der Waals surface area contributed by atoms with Crippen molar-refractivity contribution in [3.8, 4) is 0 Å². The predicted molar refractivity (Wildman–Crippen MR) is 148 cm³/mol. The van der Waals surface area contributed by atoms with Crippen LogP contribution in [0.2, 0.25) is 0 Å². The van der Waals surface area contributed by atoms with Crippen LogP contribution in [-0.2, 0) is 42.8 Å². The second kappa shape index (κ2) is 13.4. The SMILES string of the molecule is COP(=O)(C(Cc1ccccc1)NC(=O)OCc1ccccc1)C(Cc1ccccc1)C(=O)OC(C)(C)C. The zero-order valence-electron chi connectivity index (χ0n) is 22.3. The highest BCUT2D eigenvalue weighted by molar-refractivity contribution is 7.61. The molecule has 3 aromatic carbocycles. The first-order chi connectivity index (χ1) is 18.1. The Bertz CT molecular complexity index is 1210. The molecule has 1 N–H and O–H groups in total. The maximum absolute atomic E-state index is 14.7. The number of amides is 1. The molecule has 0 radical (unpaired) electrons. The fourth-order valence-corrected chi connectivity index (χ4v) is 6.55. The molecule has 0 bridgehead atoms. The molecule has 0 heterocycles. The molecule has 8 heteroatoms. The second-order valence-corrected chi connectivity index (χ2v) is 12.9. The Morgan fingerprint density at radius 2 is 1.26 bits per heavy atom. The first kappa shape index (κ1) is 29.2. The van der Waals surface area contributed by atoms with E-state index in [9.17, 15) is 14.2 Å². The topological polar surface area (TPSA) is 90.9 Å². The van der Waals surface area contributed by atoms with Gasteiger partial charge in [-0.2, -0.15) is 0 Å². The van der Waals surface area contributed by atoms with Gasteiger partial charge in [-0.1, -0.05) is 91.0 Å². The summed E-state index contributed by atoms with van der Waals surface area (Å²) in [7, 11) is -2.63. The van der Waals surface area contributed by atoms with Gasteiger partial charge in [0.15, 0.2) is 0 Å². The second-order valence-electron chi connectivity index (χ2n) is 9.98. The molecule has 3 rings (SSSR count). The van der Waals surface area contributed by atoms with Gasteiger partial charge in [0.2, 0.25) is 7.37 Å². The molecule has 0 aliphatic heterocycles. The van der Waals surface area contributed by atoms with Crippen LogP contribution < -0.4 is 5.32 Å². The van der Waals surface area contributed by atoms with Crippen LogP contribution in [0.5, 0.6) is 0 Å². The van der Waals surface area contributed by atoms with E-state index in [0.717, 1.165) is 16.7 Å². The van der Waals surface area contributed by atoms with Crippen LogP contribution in [0, 0.1) is 0 Å². The summed E-state index contributed by atoms with van der Waals surface area (Å²) in [6.07, 6.45) is -0.470. The number of carbonyl (C=O) groups excluding carboxylic acids is 2. The van der Waals surface area contributed by atoms with E-state index < -0.39 is 36.5 Å². The van der Waals surface area contributed by atoms with Crippen LogP contribution in [0.3, 0.4) is 0 Å². The van der Waals surface area contributed by atoms with E-state index in [1.54, 1.807) is 20.8 Å². The highest BCUT2D eigenvalue weighted by Gasteiger charge is 2.48. The fourth-order valence-electron chi connectivity index (χ4n) is 4.04. The number of alkyl carbamates (subject to hydrolysis) is 1. The molecule has 0 saturated heterocycles. The molecule has 38 heavy (non-hydrogen) atoms. The number of rotatable bonds is 11. The van der Waals surface area contributed by atoms with Crippen molar-refractivity contribution in [3.05, 3.63) is 108 Å². The number of esters is 1. The summed E-state index contributed by atoms with van der Waals surface area (Å²) < 4.78 is 31.6. The molecular weight excluding hydrogens is 501 g/mol. The van der Waals surface area contributed by atoms with Gasteiger partial charge >= 0.3 is 12.1 Å². The third-order valence-electron chi connectivity index (χ3n) is 5.87. The average molecular weight is 538 g/mol. The summed E-state index contributed by atoms with van der Waals surface area (Å²) in [6, 6.07) is 27.8. The molecule has 0 aromatic heterocycles. The van der Waals surface area contributed by atoms with Crippen molar-refractivity contribution in [2.24, 2.45) is 0 Å². The number of carbonyl (C=O) groups is 2. The summed E-state index contributed by atoms with van der Waals surface area (Å²) in [5.41, 5.74) is 0.471. The van der Waals surface area contributed by atoms with Crippen LogP contribution in [0.25, 0.3) is 0 Å². The van der Waals surface area contributed by atoms with E-state index in [4.69, 9.17) is 14.0 Å². The number of ether oxygens (including phenoxy) is 2. The third kappa shape index (κ3) is 8.57. The number of hydrogen-bond acceptors (Lipinski definition) is 6. The maximum atomic E-state index is 14.7. The number of benzene rings is 3. The molecule has 7 nitrogen and oxygen atoms in total. The quantitative estimate of drug-likeness (QED) is 0.226. The van der Waals surface area contributed by atoms with Gasteiger partial charge in [0, 0.05) is 13.5 Å². The highest BCUT2D eigenvalue weighted by atomic mass is 31.2. The minimum atomic E-state index is -3.93. The summed E-state index contributed by atoms with van der Waals surface area (Å²) in [4.78, 5) is 26.4. The first-order valence-corrected chi connectivity index (χ1v) is 14.3. The van der Waals surface area contributed by atoms with Gasteiger partial charge in [0.1, 0.15) is 23.6 Å². The van der Waals surface area contributed by atoms with Crippen molar-refractivity contribution in [2.45, 2.75) is 57.3 Å². The monoisotopic (exact) mass is 537 g/mol. The Balaban J connectivity index is 1.95. The molecule has 0 saturated carbocycles. The van der Waals surface area contributed by atoms with Crippen LogP contribution in [-0.4, -0.2) is 36.2 Å². The lowest BCUT2D eigenvalue weighted by molar-refractivity contribution is -0.154. The minimum absolute atomic E-state index is 0.0432. The van der Waals surface area contributed by atoms with Gasteiger partial charge in [-0.05, 0) is 43.9 Å². The summed E-state index contributed by atoms with van der Waals surface area (Å²) >= 11 is 0. The third-order valence-corrected chi connectivity index (χ3v) is 8.89. The minimum Gasteiger partial charge on any atom is -0.459 e. The molecule has 3 unspecified atom stereocenters. The van der Waals surface area contributed by atoms with Crippen molar-refractivity contribution in [1.29, 1.82) is 0 Å². The van der Waals surface area contributed by atoms with Crippen molar-refractivity contribution in [1.82, 2.24) is 5.32 Å². The molecule has 1 amide bonds. The van der Waals surface area contributed by atoms with E-state index in [0.29, 0.717) is 0 Å². The van der Waals surface area contributed by atoms with E-state index in [1.165, 1.54) is 7.11 Å². The largest absolute Gasteiger partial charge is 0.459 e. The lowest BCUT2D eigenvalue weighted by Crippen LogP contribution is -2.43. The smallest absolute Gasteiger partial charge is 0.408 e. The number of nitrogens with one attached hydrogen (secondary N) is 1. The Hall–Kier alpha value is -3.41. The number of hydrogen-bond donors (Lipinski definition) is 1. The standard InChI is InChI=1S/C30H36NO6P/c1-30(2,3)37-28(32)26(20-23-14-8-5-9-15-23)38(34,35-4)27(21-24-16-10-6-11-17-24)31-29(33)36-22-25-18-12-7-13-19-25/h5-19,26-27H,20-22H2,1-4H3,(H,31,33). The molecule has 0 aliphatic rings. The Labute approximate surface area is 225 Å². The van der Waals surface area contributed by atoms with E-state index in [1.807, 2.05) is 91.0 Å². The molecule has 202 valence electrons. The van der Waals surface area contributed by atoms with Gasteiger partial charge in [0.25, 0.3) is 0 Å². The summed E-state index contributed by atoms with van der Waals surface area (Å²) in [5.74, 6) is -1.69. The van der Waals surface area contributed by atoms with Crippen molar-refractivity contribution in [2.75, 3.05) is 7.11 Å². The van der Waals surface area contributed by atoms with Crippen LogP contribution in [0.1, 0.15) is 37.5 Å². The molecular formula is C30H36NO6P. The zero-order valence-corrected chi connectivity index (χ0v) is 23.2. The van der Waals surface area contributed by atoms with Crippen LogP contribution >= 0.6 is 7.37 Å². The van der Waals surface area contributed by atoms with E-state index in [2.05, 4.69) is 5.32 Å². The van der Waals surface area contributed by atoms with Crippen molar-refractivity contribution < 1.29 is 28.2 Å². The van der Waals surface area contributed by atoms with Gasteiger partial charge in [-0.15, -0.1) is 0 Å². The van der Waals surface area contributed by atoms with Crippen LogP contribution in [0.15, 0.2) is 91.0 Å². The van der Waals surface area contributed by atoms with Crippen molar-refractivity contribution >= 4 is 19.4 Å². The van der Waals surface area contributed by atoms with Crippen LogP contribution in [0.4, 0.5) is 4.79 Å². The van der Waals surface area contributed by atoms with Gasteiger partial charge < -0.3 is 19.3 Å². The Morgan fingerprint density at radius 1 is 0.789 bits per heavy atom.